The van der Waals surface area contributed by atoms with Gasteiger partial charge in [-0.1, -0.05) is 24.3 Å². The van der Waals surface area contributed by atoms with Crippen LogP contribution in [0.3, 0.4) is 0 Å². The Morgan fingerprint density at radius 1 is 1.35 bits per heavy atom. The zero-order valence-corrected chi connectivity index (χ0v) is 11.5. The molecule has 0 aliphatic heterocycles. The molecular weight excluding hydrogens is 250 g/mol. The van der Waals surface area contributed by atoms with E-state index in [-0.39, 0.29) is 5.91 Å². The summed E-state index contributed by atoms with van der Waals surface area (Å²) in [6.07, 6.45) is 2.93. The first-order valence-corrected chi connectivity index (χ1v) is 6.27. The molecule has 2 aromatic rings. The molecule has 0 atom stereocenters. The Morgan fingerprint density at radius 2 is 2.10 bits per heavy atom. The number of hydrogen-bond donors (Lipinski definition) is 0. The van der Waals surface area contributed by atoms with Crippen LogP contribution in [0.1, 0.15) is 27.0 Å². The Balaban J connectivity index is 2.17. The number of aromatic nitrogens is 1. The SMILES string of the molecule is Cc1ccccc1CN(C)C(=O)c1cncc(C#N)c1. The Morgan fingerprint density at radius 3 is 2.80 bits per heavy atom. The molecule has 0 saturated carbocycles. The lowest BCUT2D eigenvalue weighted by atomic mass is 10.1. The van der Waals surface area contributed by atoms with E-state index < -0.39 is 0 Å². The van der Waals surface area contributed by atoms with Gasteiger partial charge in [-0.2, -0.15) is 5.26 Å². The van der Waals surface area contributed by atoms with Crippen LogP contribution in [0.25, 0.3) is 0 Å². The lowest BCUT2D eigenvalue weighted by molar-refractivity contribution is 0.0784. The van der Waals surface area contributed by atoms with Crippen LogP contribution in [0.5, 0.6) is 0 Å². The van der Waals surface area contributed by atoms with Crippen LogP contribution in [0.4, 0.5) is 0 Å². The molecule has 20 heavy (non-hydrogen) atoms. The molecule has 1 heterocycles. The van der Waals surface area contributed by atoms with Gasteiger partial charge in [-0.05, 0) is 24.1 Å². The average Bonchev–Trinajstić information content (AvgIpc) is 2.48. The number of benzene rings is 1. The Hall–Kier alpha value is -2.67. The normalized spacial score (nSPS) is 9.85. The Labute approximate surface area is 118 Å². The minimum absolute atomic E-state index is 0.141. The molecular formula is C16H15N3O. The van der Waals surface area contributed by atoms with Crippen LogP contribution in [-0.4, -0.2) is 22.8 Å². The number of amides is 1. The Bertz CT molecular complexity index is 673. The second-order valence-electron chi connectivity index (χ2n) is 4.66. The zero-order valence-electron chi connectivity index (χ0n) is 11.5. The third-order valence-corrected chi connectivity index (χ3v) is 3.13. The summed E-state index contributed by atoms with van der Waals surface area (Å²) >= 11 is 0. The number of hydrogen-bond acceptors (Lipinski definition) is 3. The van der Waals surface area contributed by atoms with E-state index in [1.165, 1.54) is 12.4 Å². The number of aryl methyl sites for hydroxylation is 1. The average molecular weight is 265 g/mol. The predicted molar refractivity (Wildman–Crippen MR) is 75.9 cm³/mol. The molecule has 100 valence electrons. The van der Waals surface area contributed by atoms with Crippen molar-refractivity contribution in [2.24, 2.45) is 0 Å². The highest BCUT2D eigenvalue weighted by Gasteiger charge is 2.13. The number of rotatable bonds is 3. The standard InChI is InChI=1S/C16H15N3O/c1-12-5-3-4-6-14(12)11-19(2)16(20)15-7-13(8-17)9-18-10-15/h3-7,9-10H,11H2,1-2H3. The molecule has 0 spiro atoms. The second-order valence-corrected chi connectivity index (χ2v) is 4.66. The van der Waals surface area contributed by atoms with E-state index in [1.807, 2.05) is 37.3 Å². The van der Waals surface area contributed by atoms with Gasteiger partial charge >= 0.3 is 0 Å². The summed E-state index contributed by atoms with van der Waals surface area (Å²) < 4.78 is 0. The molecule has 0 unspecified atom stereocenters. The molecule has 1 amide bonds. The summed E-state index contributed by atoms with van der Waals surface area (Å²) in [5.74, 6) is -0.141. The molecule has 4 nitrogen and oxygen atoms in total. The fourth-order valence-corrected chi connectivity index (χ4v) is 1.95. The van der Waals surface area contributed by atoms with Gasteiger partial charge in [0, 0.05) is 26.0 Å². The molecule has 0 saturated heterocycles. The largest absolute Gasteiger partial charge is 0.337 e. The van der Waals surface area contributed by atoms with E-state index in [0.29, 0.717) is 17.7 Å². The molecule has 0 aliphatic carbocycles. The summed E-state index contributed by atoms with van der Waals surface area (Å²) in [6.45, 7) is 2.55. The zero-order chi connectivity index (χ0) is 14.5. The van der Waals surface area contributed by atoms with E-state index >= 15 is 0 Å². The summed E-state index contributed by atoms with van der Waals surface area (Å²) in [5.41, 5.74) is 3.07. The summed E-state index contributed by atoms with van der Waals surface area (Å²) in [7, 11) is 1.74. The maximum atomic E-state index is 12.3. The maximum Gasteiger partial charge on any atom is 0.255 e. The number of carbonyl (C=O) groups excluding carboxylic acids is 1. The monoisotopic (exact) mass is 265 g/mol. The van der Waals surface area contributed by atoms with Gasteiger partial charge < -0.3 is 4.90 Å². The quantitative estimate of drug-likeness (QED) is 0.857. The van der Waals surface area contributed by atoms with E-state index in [9.17, 15) is 4.79 Å². The van der Waals surface area contributed by atoms with Crippen molar-refractivity contribution < 1.29 is 4.79 Å². The van der Waals surface area contributed by atoms with Gasteiger partial charge in [-0.25, -0.2) is 0 Å². The number of carbonyl (C=O) groups is 1. The van der Waals surface area contributed by atoms with Gasteiger partial charge in [0.1, 0.15) is 6.07 Å². The minimum atomic E-state index is -0.141. The Kier molecular flexibility index (Phi) is 4.11. The van der Waals surface area contributed by atoms with Gasteiger partial charge in [0.25, 0.3) is 5.91 Å². The van der Waals surface area contributed by atoms with E-state index in [0.717, 1.165) is 11.1 Å². The van der Waals surface area contributed by atoms with Gasteiger partial charge in [-0.3, -0.25) is 9.78 Å². The molecule has 0 radical (unpaired) electrons. The lowest BCUT2D eigenvalue weighted by Crippen LogP contribution is -2.26. The van der Waals surface area contributed by atoms with Crippen LogP contribution in [0, 0.1) is 18.3 Å². The molecule has 0 aliphatic rings. The smallest absolute Gasteiger partial charge is 0.255 e. The van der Waals surface area contributed by atoms with Gasteiger partial charge in [0.05, 0.1) is 11.1 Å². The molecule has 4 heteroatoms. The van der Waals surface area contributed by atoms with Crippen molar-refractivity contribution >= 4 is 5.91 Å². The highest BCUT2D eigenvalue weighted by atomic mass is 16.2. The van der Waals surface area contributed by atoms with Crippen molar-refractivity contribution in [3.63, 3.8) is 0 Å². The summed E-state index contributed by atoms with van der Waals surface area (Å²) in [5, 5.41) is 8.84. The lowest BCUT2D eigenvalue weighted by Gasteiger charge is -2.18. The topological polar surface area (TPSA) is 57.0 Å². The first-order chi connectivity index (χ1) is 9.61. The molecule has 1 aromatic heterocycles. The number of nitriles is 1. The fourth-order valence-electron chi connectivity index (χ4n) is 1.95. The van der Waals surface area contributed by atoms with Crippen LogP contribution in [-0.2, 0) is 6.54 Å². The van der Waals surface area contributed by atoms with Crippen molar-refractivity contribution in [1.29, 1.82) is 5.26 Å². The van der Waals surface area contributed by atoms with Crippen molar-refractivity contribution in [1.82, 2.24) is 9.88 Å². The van der Waals surface area contributed by atoms with Gasteiger partial charge in [0.2, 0.25) is 0 Å². The van der Waals surface area contributed by atoms with Crippen LogP contribution in [0.2, 0.25) is 0 Å². The molecule has 0 bridgehead atoms. The van der Waals surface area contributed by atoms with Gasteiger partial charge in [0.15, 0.2) is 0 Å². The molecule has 2 rings (SSSR count). The highest BCUT2D eigenvalue weighted by molar-refractivity contribution is 5.94. The summed E-state index contributed by atoms with van der Waals surface area (Å²) in [6, 6.07) is 11.5. The molecule has 1 aromatic carbocycles. The highest BCUT2D eigenvalue weighted by Crippen LogP contribution is 2.12. The summed E-state index contributed by atoms with van der Waals surface area (Å²) in [4.78, 5) is 17.8. The number of nitrogens with zero attached hydrogens (tertiary/aromatic N) is 3. The van der Waals surface area contributed by atoms with E-state index in [2.05, 4.69) is 4.98 Å². The number of pyridine rings is 1. The fraction of sp³-hybridized carbons (Fsp3) is 0.188. The van der Waals surface area contributed by atoms with Crippen LogP contribution < -0.4 is 0 Å². The predicted octanol–water partition coefficient (Wildman–Crippen LogP) is 2.53. The van der Waals surface area contributed by atoms with Crippen LogP contribution >= 0.6 is 0 Å². The minimum Gasteiger partial charge on any atom is -0.337 e. The van der Waals surface area contributed by atoms with Crippen molar-refractivity contribution in [3.8, 4) is 6.07 Å². The maximum absolute atomic E-state index is 12.3. The van der Waals surface area contributed by atoms with Gasteiger partial charge in [-0.15, -0.1) is 0 Å². The third kappa shape index (κ3) is 3.01. The first-order valence-electron chi connectivity index (χ1n) is 6.27. The second kappa shape index (κ2) is 5.98. The van der Waals surface area contributed by atoms with Crippen molar-refractivity contribution in [2.45, 2.75) is 13.5 Å². The third-order valence-electron chi connectivity index (χ3n) is 3.13. The van der Waals surface area contributed by atoms with Crippen molar-refractivity contribution in [2.75, 3.05) is 7.05 Å². The first kappa shape index (κ1) is 13.8. The van der Waals surface area contributed by atoms with Crippen LogP contribution in [0.15, 0.2) is 42.7 Å². The van der Waals surface area contributed by atoms with E-state index in [1.54, 1.807) is 18.0 Å². The van der Waals surface area contributed by atoms with Crippen molar-refractivity contribution in [3.05, 3.63) is 65.0 Å². The molecule has 0 N–H and O–H groups in total. The molecule has 0 fully saturated rings. The van der Waals surface area contributed by atoms with E-state index in [4.69, 9.17) is 5.26 Å².